The summed E-state index contributed by atoms with van der Waals surface area (Å²) in [5.41, 5.74) is 1.57. The number of benzene rings is 4. The molecule has 0 unspecified atom stereocenters. The van der Waals surface area contributed by atoms with E-state index < -0.39 is 22.8 Å². The number of carbonyl (C=O) groups excluding carboxylic acids is 3. The Hall–Kier alpha value is -5.39. The number of amides is 4. The van der Waals surface area contributed by atoms with Gasteiger partial charge in [0.15, 0.2) is 11.5 Å². The van der Waals surface area contributed by atoms with Crippen molar-refractivity contribution in [2.24, 2.45) is 0 Å². The maximum Gasteiger partial charge on any atom is 0.335 e. The Bertz CT molecular complexity index is 1830. The Kier molecular flexibility index (Phi) is 9.31. The number of ether oxygens (including phenoxy) is 3. The van der Waals surface area contributed by atoms with Gasteiger partial charge in [0.05, 0.1) is 22.7 Å². The molecule has 13 heteroatoms. The number of methoxy groups -OCH3 is 1. The molecule has 11 nitrogen and oxygen atoms in total. The Labute approximate surface area is 266 Å². The lowest BCUT2D eigenvalue weighted by Gasteiger charge is -2.26. The van der Waals surface area contributed by atoms with E-state index in [-0.39, 0.29) is 46.7 Å². The number of barbiturate groups is 1. The Morgan fingerprint density at radius 1 is 0.889 bits per heavy atom. The maximum atomic E-state index is 13.4. The first kappa shape index (κ1) is 31.0. The summed E-state index contributed by atoms with van der Waals surface area (Å²) in [5, 5.41) is 14.0. The van der Waals surface area contributed by atoms with Crippen LogP contribution in [0.15, 0.2) is 90.5 Å². The number of carbonyl (C=O) groups is 3. The Balaban J connectivity index is 1.33. The van der Waals surface area contributed by atoms with Crippen molar-refractivity contribution >= 4 is 58.5 Å². The number of nitro groups is 1. The summed E-state index contributed by atoms with van der Waals surface area (Å²) in [6.07, 6.45) is 1.28. The standard InChI is InChI=1S/C32H23Cl2N3O8/c1-43-28-16-21(15-27(34)29(28)45-18-20-3-2-4-24(13-20)37(41)42)14-26-30(38)35-32(40)36(31(26)39)23-9-11-25(12-10-23)44-17-19-5-7-22(33)8-6-19/h2-16H,17-18H2,1H3,(H,35,38,40)/b26-14+. The zero-order valence-electron chi connectivity index (χ0n) is 23.5. The van der Waals surface area contributed by atoms with Gasteiger partial charge in [-0.2, -0.15) is 0 Å². The van der Waals surface area contributed by atoms with Crippen LogP contribution in [0, 0.1) is 10.1 Å². The molecule has 1 saturated heterocycles. The molecule has 4 amide bonds. The summed E-state index contributed by atoms with van der Waals surface area (Å²) < 4.78 is 17.0. The molecule has 1 aliphatic heterocycles. The van der Waals surface area contributed by atoms with Crippen LogP contribution in [0.25, 0.3) is 6.08 Å². The maximum absolute atomic E-state index is 13.4. The van der Waals surface area contributed by atoms with E-state index in [9.17, 15) is 24.5 Å². The van der Waals surface area contributed by atoms with E-state index in [2.05, 4.69) is 5.32 Å². The summed E-state index contributed by atoms with van der Waals surface area (Å²) in [6, 6.07) is 21.4. The van der Waals surface area contributed by atoms with Crippen LogP contribution in [-0.4, -0.2) is 29.9 Å². The third kappa shape index (κ3) is 7.23. The summed E-state index contributed by atoms with van der Waals surface area (Å²) in [6.45, 7) is 0.243. The number of urea groups is 1. The van der Waals surface area contributed by atoms with Gasteiger partial charge in [-0.1, -0.05) is 47.5 Å². The highest BCUT2D eigenvalue weighted by molar-refractivity contribution is 6.39. The van der Waals surface area contributed by atoms with Crippen LogP contribution >= 0.6 is 23.2 Å². The predicted octanol–water partition coefficient (Wildman–Crippen LogP) is 6.73. The highest BCUT2D eigenvalue weighted by atomic mass is 35.5. The number of hydrogen-bond donors (Lipinski definition) is 1. The molecule has 0 saturated carbocycles. The fraction of sp³-hybridized carbons (Fsp3) is 0.0938. The van der Waals surface area contributed by atoms with Gasteiger partial charge in [-0.15, -0.1) is 0 Å². The van der Waals surface area contributed by atoms with Gasteiger partial charge in [-0.25, -0.2) is 9.69 Å². The quantitative estimate of drug-likeness (QED) is 0.0865. The average molecular weight is 648 g/mol. The third-order valence-corrected chi connectivity index (χ3v) is 7.12. The molecule has 1 aliphatic rings. The second kappa shape index (κ2) is 13.5. The summed E-state index contributed by atoms with van der Waals surface area (Å²) in [4.78, 5) is 50.2. The molecule has 228 valence electrons. The van der Waals surface area contributed by atoms with E-state index >= 15 is 0 Å². The van der Waals surface area contributed by atoms with Gasteiger partial charge in [0.1, 0.15) is 24.5 Å². The summed E-state index contributed by atoms with van der Waals surface area (Å²) in [5.74, 6) is -0.891. The van der Waals surface area contributed by atoms with Gasteiger partial charge in [-0.3, -0.25) is 25.0 Å². The van der Waals surface area contributed by atoms with Crippen LogP contribution in [0.1, 0.15) is 16.7 Å². The van der Waals surface area contributed by atoms with E-state index in [0.29, 0.717) is 21.9 Å². The molecule has 1 fully saturated rings. The largest absolute Gasteiger partial charge is 0.493 e. The number of nitro benzene ring substituents is 1. The number of nitrogens with zero attached hydrogens (tertiary/aromatic N) is 2. The molecule has 45 heavy (non-hydrogen) atoms. The zero-order valence-corrected chi connectivity index (χ0v) is 25.0. The van der Waals surface area contributed by atoms with Crippen molar-refractivity contribution < 1.29 is 33.5 Å². The van der Waals surface area contributed by atoms with E-state index in [1.807, 2.05) is 12.1 Å². The van der Waals surface area contributed by atoms with Gasteiger partial charge in [0.2, 0.25) is 0 Å². The smallest absolute Gasteiger partial charge is 0.335 e. The molecular formula is C32H23Cl2N3O8. The van der Waals surface area contributed by atoms with Crippen LogP contribution in [-0.2, 0) is 22.8 Å². The highest BCUT2D eigenvalue weighted by Crippen LogP contribution is 2.38. The topological polar surface area (TPSA) is 137 Å². The van der Waals surface area contributed by atoms with Crippen molar-refractivity contribution in [3.05, 3.63) is 127 Å². The van der Waals surface area contributed by atoms with Crippen LogP contribution in [0.3, 0.4) is 0 Å². The minimum atomic E-state index is -0.905. The second-order valence-corrected chi connectivity index (χ2v) is 10.5. The van der Waals surface area contributed by atoms with Crippen LogP contribution in [0.4, 0.5) is 16.2 Å². The van der Waals surface area contributed by atoms with E-state index in [4.69, 9.17) is 37.4 Å². The zero-order chi connectivity index (χ0) is 32.1. The van der Waals surface area contributed by atoms with Crippen molar-refractivity contribution in [2.45, 2.75) is 13.2 Å². The second-order valence-electron chi connectivity index (χ2n) is 9.62. The van der Waals surface area contributed by atoms with Gasteiger partial charge in [-0.05, 0) is 71.3 Å². The molecule has 0 spiro atoms. The molecule has 0 radical (unpaired) electrons. The molecule has 5 rings (SSSR count). The first-order valence-corrected chi connectivity index (χ1v) is 14.0. The predicted molar refractivity (Wildman–Crippen MR) is 167 cm³/mol. The number of anilines is 1. The van der Waals surface area contributed by atoms with Gasteiger partial charge >= 0.3 is 6.03 Å². The minimum Gasteiger partial charge on any atom is -0.493 e. The number of non-ortho nitro benzene ring substituents is 1. The van der Waals surface area contributed by atoms with Crippen molar-refractivity contribution in [3.8, 4) is 17.2 Å². The lowest BCUT2D eigenvalue weighted by molar-refractivity contribution is -0.384. The molecule has 0 aromatic heterocycles. The Morgan fingerprint density at radius 2 is 1.60 bits per heavy atom. The lowest BCUT2D eigenvalue weighted by Crippen LogP contribution is -2.54. The van der Waals surface area contributed by atoms with Crippen LogP contribution in [0.2, 0.25) is 10.0 Å². The molecule has 1 heterocycles. The number of imide groups is 2. The molecule has 4 aromatic rings. The molecule has 0 aliphatic carbocycles. The molecule has 0 atom stereocenters. The average Bonchev–Trinajstić information content (AvgIpc) is 3.02. The van der Waals surface area contributed by atoms with E-state index in [0.717, 1.165) is 10.5 Å². The van der Waals surface area contributed by atoms with Crippen molar-refractivity contribution in [1.82, 2.24) is 5.32 Å². The summed E-state index contributed by atoms with van der Waals surface area (Å²) in [7, 11) is 1.38. The summed E-state index contributed by atoms with van der Waals surface area (Å²) >= 11 is 12.4. The first-order chi connectivity index (χ1) is 21.6. The number of rotatable bonds is 10. The van der Waals surface area contributed by atoms with Gasteiger partial charge in [0, 0.05) is 17.2 Å². The Morgan fingerprint density at radius 3 is 2.29 bits per heavy atom. The molecule has 0 bridgehead atoms. The van der Waals surface area contributed by atoms with E-state index in [1.54, 1.807) is 30.3 Å². The first-order valence-electron chi connectivity index (χ1n) is 13.3. The third-order valence-electron chi connectivity index (χ3n) is 6.58. The number of hydrogen-bond acceptors (Lipinski definition) is 8. The normalized spacial score (nSPS) is 13.9. The minimum absolute atomic E-state index is 0.0406. The van der Waals surface area contributed by atoms with Crippen LogP contribution in [0.5, 0.6) is 17.2 Å². The monoisotopic (exact) mass is 647 g/mol. The van der Waals surface area contributed by atoms with Crippen molar-refractivity contribution in [2.75, 3.05) is 12.0 Å². The molecule has 4 aromatic carbocycles. The molecular weight excluding hydrogens is 625 g/mol. The van der Waals surface area contributed by atoms with Crippen molar-refractivity contribution in [3.63, 3.8) is 0 Å². The van der Waals surface area contributed by atoms with E-state index in [1.165, 1.54) is 55.7 Å². The fourth-order valence-electron chi connectivity index (χ4n) is 4.38. The van der Waals surface area contributed by atoms with Gasteiger partial charge in [0.25, 0.3) is 17.5 Å². The van der Waals surface area contributed by atoms with Crippen LogP contribution < -0.4 is 24.4 Å². The van der Waals surface area contributed by atoms with Crippen molar-refractivity contribution in [1.29, 1.82) is 0 Å². The fourth-order valence-corrected chi connectivity index (χ4v) is 4.78. The number of halogens is 2. The highest BCUT2D eigenvalue weighted by Gasteiger charge is 2.37. The SMILES string of the molecule is COc1cc(/C=C2\C(=O)NC(=O)N(c3ccc(OCc4ccc(Cl)cc4)cc3)C2=O)cc(Cl)c1OCc1cccc([N+](=O)[O-])c1. The van der Waals surface area contributed by atoms with Gasteiger partial charge < -0.3 is 14.2 Å². The lowest BCUT2D eigenvalue weighted by atomic mass is 10.1. The number of nitrogens with one attached hydrogen (secondary N) is 1. The molecule has 1 N–H and O–H groups in total.